The Kier molecular flexibility index (Phi) is 3.44. The first-order valence-corrected chi connectivity index (χ1v) is 7.37. The molecule has 0 saturated carbocycles. The number of likely N-dealkylation sites (tertiary alicyclic amines) is 1. The molecule has 2 aliphatic rings. The maximum absolute atomic E-state index is 13.3. The summed E-state index contributed by atoms with van der Waals surface area (Å²) in [6.07, 6.45) is 8.37. The van der Waals surface area contributed by atoms with E-state index in [0.717, 1.165) is 18.4 Å². The Bertz CT molecular complexity index is 488. The summed E-state index contributed by atoms with van der Waals surface area (Å²) in [4.78, 5) is 2.64. The van der Waals surface area contributed by atoms with Gasteiger partial charge >= 0.3 is 0 Å². The van der Waals surface area contributed by atoms with E-state index >= 15 is 0 Å². The third kappa shape index (κ3) is 2.59. The van der Waals surface area contributed by atoms with Crippen molar-refractivity contribution < 1.29 is 4.39 Å². The second-order valence-corrected chi connectivity index (χ2v) is 6.13. The molecule has 1 fully saturated rings. The fourth-order valence-electron chi connectivity index (χ4n) is 3.45. The SMILES string of the molecule is CC1(N2CCCC2)CC=C(c2cccc(F)c2)CC1. The van der Waals surface area contributed by atoms with Gasteiger partial charge in [-0.1, -0.05) is 18.2 Å². The quantitative estimate of drug-likeness (QED) is 0.767. The zero-order chi connectivity index (χ0) is 13.3. The van der Waals surface area contributed by atoms with E-state index < -0.39 is 0 Å². The van der Waals surface area contributed by atoms with Crippen LogP contribution in [-0.4, -0.2) is 23.5 Å². The lowest BCUT2D eigenvalue weighted by atomic mass is 9.81. The van der Waals surface area contributed by atoms with Gasteiger partial charge in [-0.2, -0.15) is 0 Å². The summed E-state index contributed by atoms with van der Waals surface area (Å²) >= 11 is 0. The van der Waals surface area contributed by atoms with Crippen LogP contribution in [0, 0.1) is 5.82 Å². The highest BCUT2D eigenvalue weighted by molar-refractivity contribution is 5.66. The third-order valence-corrected chi connectivity index (χ3v) is 4.79. The van der Waals surface area contributed by atoms with Crippen molar-refractivity contribution in [3.8, 4) is 0 Å². The van der Waals surface area contributed by atoms with Crippen LogP contribution < -0.4 is 0 Å². The number of benzene rings is 1. The molecule has 1 heterocycles. The second kappa shape index (κ2) is 5.09. The minimum atomic E-state index is -0.133. The normalized spacial score (nSPS) is 28.4. The Morgan fingerprint density at radius 2 is 2.00 bits per heavy atom. The molecule has 1 aromatic rings. The molecule has 1 saturated heterocycles. The molecule has 102 valence electrons. The van der Waals surface area contributed by atoms with E-state index in [2.05, 4.69) is 17.9 Å². The summed E-state index contributed by atoms with van der Waals surface area (Å²) in [7, 11) is 0. The second-order valence-electron chi connectivity index (χ2n) is 6.13. The van der Waals surface area contributed by atoms with Gasteiger partial charge in [0.15, 0.2) is 0 Å². The molecule has 1 atom stereocenters. The van der Waals surface area contributed by atoms with E-state index in [1.807, 2.05) is 6.07 Å². The smallest absolute Gasteiger partial charge is 0.123 e. The van der Waals surface area contributed by atoms with Crippen LogP contribution >= 0.6 is 0 Å². The molecule has 0 amide bonds. The highest BCUT2D eigenvalue weighted by atomic mass is 19.1. The molecule has 1 unspecified atom stereocenters. The van der Waals surface area contributed by atoms with E-state index in [0.29, 0.717) is 5.54 Å². The topological polar surface area (TPSA) is 3.24 Å². The molecule has 19 heavy (non-hydrogen) atoms. The van der Waals surface area contributed by atoms with Crippen LogP contribution in [-0.2, 0) is 0 Å². The Morgan fingerprint density at radius 1 is 1.21 bits per heavy atom. The van der Waals surface area contributed by atoms with Crippen molar-refractivity contribution in [1.82, 2.24) is 4.90 Å². The van der Waals surface area contributed by atoms with Crippen molar-refractivity contribution in [1.29, 1.82) is 0 Å². The highest BCUT2D eigenvalue weighted by Crippen LogP contribution is 2.37. The first-order chi connectivity index (χ1) is 9.17. The number of hydrogen-bond donors (Lipinski definition) is 0. The molecule has 2 heteroatoms. The Morgan fingerprint density at radius 3 is 2.63 bits per heavy atom. The van der Waals surface area contributed by atoms with E-state index in [9.17, 15) is 4.39 Å². The Labute approximate surface area is 115 Å². The lowest BCUT2D eigenvalue weighted by Crippen LogP contribution is -2.45. The van der Waals surface area contributed by atoms with Crippen molar-refractivity contribution in [3.05, 3.63) is 41.7 Å². The first kappa shape index (κ1) is 12.9. The van der Waals surface area contributed by atoms with Gasteiger partial charge in [0.1, 0.15) is 5.82 Å². The molecule has 3 rings (SSSR count). The summed E-state index contributed by atoms with van der Waals surface area (Å²) in [6.45, 7) is 4.89. The third-order valence-electron chi connectivity index (χ3n) is 4.79. The van der Waals surface area contributed by atoms with Crippen molar-refractivity contribution in [2.45, 2.75) is 44.6 Å². The van der Waals surface area contributed by atoms with Crippen molar-refractivity contribution in [3.63, 3.8) is 0 Å². The summed E-state index contributed by atoms with van der Waals surface area (Å²) in [5.41, 5.74) is 2.70. The van der Waals surface area contributed by atoms with Crippen molar-refractivity contribution in [2.75, 3.05) is 13.1 Å². The van der Waals surface area contributed by atoms with Gasteiger partial charge < -0.3 is 0 Å². The summed E-state index contributed by atoms with van der Waals surface area (Å²) in [5.74, 6) is -0.133. The van der Waals surface area contributed by atoms with Gasteiger partial charge in [-0.3, -0.25) is 4.90 Å². The van der Waals surface area contributed by atoms with Gasteiger partial charge in [-0.05, 0) is 75.4 Å². The molecule has 0 aromatic heterocycles. The number of rotatable bonds is 2. The molecule has 1 aromatic carbocycles. The standard InChI is InChI=1S/C17H22FN/c1-17(19-11-2-3-12-19)9-7-14(8-10-17)15-5-4-6-16(18)13-15/h4-7,13H,2-3,8-12H2,1H3. The molecule has 0 N–H and O–H groups in total. The van der Waals surface area contributed by atoms with Gasteiger partial charge in [0.05, 0.1) is 0 Å². The molecule has 0 spiro atoms. The molecular formula is C17H22FN. The fourth-order valence-corrected chi connectivity index (χ4v) is 3.45. The molecule has 0 bridgehead atoms. The summed E-state index contributed by atoms with van der Waals surface area (Å²) < 4.78 is 13.3. The van der Waals surface area contributed by atoms with E-state index in [-0.39, 0.29) is 5.82 Å². The van der Waals surface area contributed by atoms with E-state index in [1.54, 1.807) is 12.1 Å². The van der Waals surface area contributed by atoms with Gasteiger partial charge in [-0.15, -0.1) is 0 Å². The first-order valence-electron chi connectivity index (χ1n) is 7.37. The number of nitrogens with zero attached hydrogens (tertiary/aromatic N) is 1. The lowest BCUT2D eigenvalue weighted by Gasteiger charge is -2.41. The molecule has 0 radical (unpaired) electrons. The fraction of sp³-hybridized carbons (Fsp3) is 0.529. The van der Waals surface area contributed by atoms with Crippen LogP contribution in [0.25, 0.3) is 5.57 Å². The number of allylic oxidation sites excluding steroid dienone is 1. The average molecular weight is 259 g/mol. The van der Waals surface area contributed by atoms with Gasteiger partial charge in [-0.25, -0.2) is 4.39 Å². The largest absolute Gasteiger partial charge is 0.298 e. The Balaban J connectivity index is 1.76. The molecule has 1 nitrogen and oxygen atoms in total. The van der Waals surface area contributed by atoms with Gasteiger partial charge in [0, 0.05) is 5.54 Å². The highest BCUT2D eigenvalue weighted by Gasteiger charge is 2.34. The maximum Gasteiger partial charge on any atom is 0.123 e. The van der Waals surface area contributed by atoms with Crippen LogP contribution in [0.3, 0.4) is 0 Å². The molecular weight excluding hydrogens is 237 g/mol. The van der Waals surface area contributed by atoms with Crippen LogP contribution in [0.2, 0.25) is 0 Å². The Hall–Kier alpha value is -1.15. The lowest BCUT2D eigenvalue weighted by molar-refractivity contribution is 0.125. The zero-order valence-corrected chi connectivity index (χ0v) is 11.7. The predicted molar refractivity (Wildman–Crippen MR) is 77.4 cm³/mol. The number of hydrogen-bond acceptors (Lipinski definition) is 1. The number of halogens is 1. The summed E-state index contributed by atoms with van der Waals surface area (Å²) in [6, 6.07) is 7.00. The average Bonchev–Trinajstić information content (AvgIpc) is 2.94. The van der Waals surface area contributed by atoms with Gasteiger partial charge in [0.25, 0.3) is 0 Å². The van der Waals surface area contributed by atoms with Crippen LogP contribution in [0.1, 0.15) is 44.6 Å². The van der Waals surface area contributed by atoms with Crippen LogP contribution in [0.15, 0.2) is 30.3 Å². The zero-order valence-electron chi connectivity index (χ0n) is 11.7. The van der Waals surface area contributed by atoms with Crippen molar-refractivity contribution in [2.24, 2.45) is 0 Å². The van der Waals surface area contributed by atoms with Crippen LogP contribution in [0.5, 0.6) is 0 Å². The summed E-state index contributed by atoms with van der Waals surface area (Å²) in [5, 5.41) is 0. The van der Waals surface area contributed by atoms with Crippen molar-refractivity contribution >= 4 is 5.57 Å². The van der Waals surface area contributed by atoms with Gasteiger partial charge in [0.2, 0.25) is 0 Å². The minimum absolute atomic E-state index is 0.133. The molecule has 1 aliphatic heterocycles. The minimum Gasteiger partial charge on any atom is -0.298 e. The monoisotopic (exact) mass is 259 g/mol. The van der Waals surface area contributed by atoms with Crippen LogP contribution in [0.4, 0.5) is 4.39 Å². The van der Waals surface area contributed by atoms with E-state index in [1.165, 1.54) is 44.0 Å². The maximum atomic E-state index is 13.3. The van der Waals surface area contributed by atoms with E-state index in [4.69, 9.17) is 0 Å². The molecule has 1 aliphatic carbocycles. The predicted octanol–water partition coefficient (Wildman–Crippen LogP) is 4.25.